The zero-order chi connectivity index (χ0) is 14.8. The number of nitrogens with zero attached hydrogens (tertiary/aromatic N) is 2. The van der Waals surface area contributed by atoms with Crippen LogP contribution in [0.25, 0.3) is 0 Å². The van der Waals surface area contributed by atoms with Crippen molar-refractivity contribution in [2.75, 3.05) is 0 Å². The average Bonchev–Trinajstić information content (AvgIpc) is 2.41. The maximum atomic E-state index is 13.0. The lowest BCUT2D eigenvalue weighted by molar-refractivity contribution is 0.504. The highest BCUT2D eigenvalue weighted by Gasteiger charge is 2.16. The Kier molecular flexibility index (Phi) is 4.05. The van der Waals surface area contributed by atoms with Gasteiger partial charge in [0.1, 0.15) is 0 Å². The second-order valence-corrected chi connectivity index (χ2v) is 5.82. The van der Waals surface area contributed by atoms with Crippen molar-refractivity contribution in [3.63, 3.8) is 0 Å². The number of aromatic nitrogens is 2. The predicted molar refractivity (Wildman–Crippen MR) is 67.2 cm³/mol. The molecule has 1 heterocycles. The van der Waals surface area contributed by atoms with E-state index in [4.69, 9.17) is 0 Å². The molecule has 0 atom stereocenters. The molecule has 0 unspecified atom stereocenters. The third-order valence-electron chi connectivity index (χ3n) is 2.48. The van der Waals surface area contributed by atoms with Crippen molar-refractivity contribution in [2.45, 2.75) is 18.4 Å². The summed E-state index contributed by atoms with van der Waals surface area (Å²) in [5.41, 5.74) is 1.12. The van der Waals surface area contributed by atoms with Gasteiger partial charge in [-0.1, -0.05) is 0 Å². The van der Waals surface area contributed by atoms with Gasteiger partial charge >= 0.3 is 0 Å². The summed E-state index contributed by atoms with van der Waals surface area (Å²) in [5.74, 6) is -2.32. The minimum absolute atomic E-state index is 0.0887. The number of sulfonamides is 1. The topological polar surface area (TPSA) is 72.0 Å². The second kappa shape index (κ2) is 5.59. The minimum atomic E-state index is -3.93. The van der Waals surface area contributed by atoms with Crippen molar-refractivity contribution in [2.24, 2.45) is 0 Å². The minimum Gasteiger partial charge on any atom is -0.258 e. The zero-order valence-corrected chi connectivity index (χ0v) is 11.3. The van der Waals surface area contributed by atoms with Crippen LogP contribution in [0.5, 0.6) is 0 Å². The van der Waals surface area contributed by atoms with E-state index in [0.29, 0.717) is 17.5 Å². The van der Waals surface area contributed by atoms with Gasteiger partial charge in [-0.15, -0.1) is 0 Å². The number of benzene rings is 1. The quantitative estimate of drug-likeness (QED) is 0.929. The summed E-state index contributed by atoms with van der Waals surface area (Å²) in [5, 5.41) is 0. The summed E-state index contributed by atoms with van der Waals surface area (Å²) in [7, 11) is -3.93. The highest BCUT2D eigenvalue weighted by Crippen LogP contribution is 2.13. The molecule has 2 aromatic rings. The Morgan fingerprint density at radius 1 is 1.15 bits per heavy atom. The first-order chi connectivity index (χ1) is 9.38. The Bertz CT molecular complexity index is 718. The van der Waals surface area contributed by atoms with Crippen LogP contribution in [-0.4, -0.2) is 18.4 Å². The molecular weight excluding hydrogens is 288 g/mol. The molecule has 0 aliphatic heterocycles. The number of aryl methyl sites for hydroxylation is 1. The van der Waals surface area contributed by atoms with Gasteiger partial charge in [-0.2, -0.15) is 0 Å². The molecule has 2 rings (SSSR count). The normalized spacial score (nSPS) is 11.6. The van der Waals surface area contributed by atoms with Gasteiger partial charge in [0.25, 0.3) is 0 Å². The van der Waals surface area contributed by atoms with E-state index < -0.39 is 21.7 Å². The summed E-state index contributed by atoms with van der Waals surface area (Å²) in [6.07, 6.45) is 2.93. The summed E-state index contributed by atoms with van der Waals surface area (Å²) < 4.78 is 51.8. The molecular formula is C12H11F2N3O2S. The smallest absolute Gasteiger partial charge is 0.241 e. The Morgan fingerprint density at radius 3 is 2.50 bits per heavy atom. The Morgan fingerprint density at radius 2 is 1.90 bits per heavy atom. The van der Waals surface area contributed by atoms with E-state index in [1.165, 1.54) is 12.4 Å². The van der Waals surface area contributed by atoms with Crippen molar-refractivity contribution in [1.29, 1.82) is 0 Å². The first-order valence-corrected chi connectivity index (χ1v) is 7.09. The highest BCUT2D eigenvalue weighted by molar-refractivity contribution is 7.89. The first kappa shape index (κ1) is 14.5. The summed E-state index contributed by atoms with van der Waals surface area (Å²) >= 11 is 0. The Balaban J connectivity index is 2.14. The van der Waals surface area contributed by atoms with Crippen LogP contribution < -0.4 is 4.72 Å². The molecule has 0 saturated carbocycles. The molecule has 5 nitrogen and oxygen atoms in total. The van der Waals surface area contributed by atoms with Gasteiger partial charge in [0.2, 0.25) is 10.0 Å². The molecule has 1 aromatic carbocycles. The molecule has 0 aliphatic rings. The highest BCUT2D eigenvalue weighted by atomic mass is 32.2. The zero-order valence-electron chi connectivity index (χ0n) is 10.5. The summed E-state index contributed by atoms with van der Waals surface area (Å²) in [6.45, 7) is 1.66. The van der Waals surface area contributed by atoms with E-state index in [9.17, 15) is 17.2 Å². The average molecular weight is 299 g/mol. The SMILES string of the molecule is Cc1cnc(CNS(=O)(=O)c2ccc(F)c(F)c2)cn1. The summed E-state index contributed by atoms with van der Waals surface area (Å²) in [4.78, 5) is 7.60. The van der Waals surface area contributed by atoms with Crippen molar-refractivity contribution in [1.82, 2.24) is 14.7 Å². The molecule has 0 amide bonds. The van der Waals surface area contributed by atoms with Crippen LogP contribution in [0.3, 0.4) is 0 Å². The molecule has 0 aliphatic carbocycles. The van der Waals surface area contributed by atoms with E-state index in [2.05, 4.69) is 14.7 Å². The molecule has 20 heavy (non-hydrogen) atoms. The molecule has 0 fully saturated rings. The van der Waals surface area contributed by atoms with Crippen molar-refractivity contribution in [3.05, 3.63) is 53.6 Å². The van der Waals surface area contributed by atoms with Gasteiger partial charge in [-0.25, -0.2) is 21.9 Å². The fourth-order valence-electron chi connectivity index (χ4n) is 1.41. The van der Waals surface area contributed by atoms with E-state index in [0.717, 1.165) is 12.1 Å². The molecule has 1 aromatic heterocycles. The van der Waals surface area contributed by atoms with Gasteiger partial charge in [0.05, 0.1) is 29.0 Å². The lowest BCUT2D eigenvalue weighted by Crippen LogP contribution is -2.24. The number of hydrogen-bond donors (Lipinski definition) is 1. The Labute approximate surface area is 114 Å². The first-order valence-electron chi connectivity index (χ1n) is 5.61. The van der Waals surface area contributed by atoms with Gasteiger partial charge in [0.15, 0.2) is 11.6 Å². The van der Waals surface area contributed by atoms with Gasteiger partial charge in [0, 0.05) is 6.20 Å². The molecule has 0 bridgehead atoms. The number of hydrogen-bond acceptors (Lipinski definition) is 4. The molecule has 1 N–H and O–H groups in total. The van der Waals surface area contributed by atoms with E-state index in [-0.39, 0.29) is 11.4 Å². The van der Waals surface area contributed by atoms with Crippen molar-refractivity contribution >= 4 is 10.0 Å². The van der Waals surface area contributed by atoms with Crippen LogP contribution >= 0.6 is 0 Å². The number of rotatable bonds is 4. The lowest BCUT2D eigenvalue weighted by atomic mass is 10.3. The van der Waals surface area contributed by atoms with Crippen LogP contribution in [0.1, 0.15) is 11.4 Å². The third-order valence-corrected chi connectivity index (χ3v) is 3.88. The fourth-order valence-corrected chi connectivity index (χ4v) is 2.42. The van der Waals surface area contributed by atoms with Crippen LogP contribution in [0.4, 0.5) is 8.78 Å². The maximum Gasteiger partial charge on any atom is 0.241 e. The molecule has 0 radical (unpaired) electrons. The summed E-state index contributed by atoms with van der Waals surface area (Å²) in [6, 6.07) is 2.37. The maximum absolute atomic E-state index is 13.0. The third kappa shape index (κ3) is 3.34. The van der Waals surface area contributed by atoms with Gasteiger partial charge in [-0.05, 0) is 25.1 Å². The van der Waals surface area contributed by atoms with Crippen molar-refractivity contribution in [3.8, 4) is 0 Å². The van der Waals surface area contributed by atoms with Crippen LogP contribution in [-0.2, 0) is 16.6 Å². The molecule has 8 heteroatoms. The van der Waals surface area contributed by atoms with Crippen molar-refractivity contribution < 1.29 is 17.2 Å². The largest absolute Gasteiger partial charge is 0.258 e. The fraction of sp³-hybridized carbons (Fsp3) is 0.167. The number of nitrogens with one attached hydrogen (secondary N) is 1. The molecule has 0 spiro atoms. The van der Waals surface area contributed by atoms with Crippen LogP contribution in [0.2, 0.25) is 0 Å². The predicted octanol–water partition coefficient (Wildman–Crippen LogP) is 1.54. The number of halogens is 2. The van der Waals surface area contributed by atoms with Crippen LogP contribution in [0, 0.1) is 18.6 Å². The lowest BCUT2D eigenvalue weighted by Gasteiger charge is -2.06. The molecule has 106 valence electrons. The van der Waals surface area contributed by atoms with Gasteiger partial charge in [-0.3, -0.25) is 9.97 Å². The molecule has 0 saturated heterocycles. The standard InChI is InChI=1S/C12H11F2N3O2S/c1-8-5-16-9(6-15-8)7-17-20(18,19)10-2-3-11(13)12(14)4-10/h2-6,17H,7H2,1H3. The van der Waals surface area contributed by atoms with Gasteiger partial charge < -0.3 is 0 Å². The second-order valence-electron chi connectivity index (χ2n) is 4.05. The van der Waals surface area contributed by atoms with E-state index >= 15 is 0 Å². The van der Waals surface area contributed by atoms with E-state index in [1.54, 1.807) is 6.92 Å². The van der Waals surface area contributed by atoms with E-state index in [1.807, 2.05) is 0 Å². The Hall–Kier alpha value is -1.93. The van der Waals surface area contributed by atoms with Crippen LogP contribution in [0.15, 0.2) is 35.5 Å². The monoisotopic (exact) mass is 299 g/mol.